The van der Waals surface area contributed by atoms with E-state index in [1.54, 1.807) is 83.3 Å². The highest BCUT2D eigenvalue weighted by Crippen LogP contribution is 2.22. The van der Waals surface area contributed by atoms with Crippen molar-refractivity contribution >= 4 is 29.7 Å². The number of carbonyl (C=O) groups is 5. The van der Waals surface area contributed by atoms with Gasteiger partial charge in [-0.25, -0.2) is 4.79 Å². The number of hydrogen-bond donors (Lipinski definition) is 3. The zero-order chi connectivity index (χ0) is 43.3. The van der Waals surface area contributed by atoms with Crippen molar-refractivity contribution in [2.45, 2.75) is 83.6 Å². The van der Waals surface area contributed by atoms with E-state index in [-0.39, 0.29) is 24.3 Å². The molecule has 0 spiro atoms. The van der Waals surface area contributed by atoms with Crippen molar-refractivity contribution in [1.82, 2.24) is 20.0 Å². The molecule has 3 amide bonds. The standard InChI is InChI=1S/C44H60N4O10/c1-11-28(4)39(58-44(55)36(46(5)6)25-31-16-22-34(56-9)23-17-31)40(51)45-38(27(2)3)42(53)47(7)35(24-29-12-18-32(49)19-13-29)41(52)48(8)37(43(54)57-10)26-30-14-20-33(50)21-15-30/h12-23,27-28,35-39,49-50H,11,24-26H2,1-10H3,(H,45,51)/t28-,35+,36+,37+,38-,39+/m1/s1. The Balaban J connectivity index is 1.92. The smallest absolute Gasteiger partial charge is 0.328 e. The third-order valence-corrected chi connectivity index (χ3v) is 10.5. The molecule has 0 unspecified atom stereocenters. The topological polar surface area (TPSA) is 175 Å². The van der Waals surface area contributed by atoms with E-state index < -0.39 is 71.8 Å². The molecule has 3 N–H and O–H groups in total. The highest BCUT2D eigenvalue weighted by molar-refractivity contribution is 5.95. The molecular weight excluding hydrogens is 745 g/mol. The molecule has 0 aliphatic heterocycles. The largest absolute Gasteiger partial charge is 0.508 e. The predicted molar refractivity (Wildman–Crippen MR) is 219 cm³/mol. The Hall–Kier alpha value is -5.63. The lowest BCUT2D eigenvalue weighted by Crippen LogP contribution is -2.59. The van der Waals surface area contributed by atoms with E-state index in [0.29, 0.717) is 29.7 Å². The second-order valence-electron chi connectivity index (χ2n) is 15.2. The van der Waals surface area contributed by atoms with Gasteiger partial charge in [0.15, 0.2) is 6.10 Å². The summed E-state index contributed by atoms with van der Waals surface area (Å²) in [6.45, 7) is 7.18. The number of rotatable bonds is 20. The van der Waals surface area contributed by atoms with Crippen molar-refractivity contribution in [3.63, 3.8) is 0 Å². The first kappa shape index (κ1) is 46.8. The average molecular weight is 805 g/mol. The van der Waals surface area contributed by atoms with E-state index in [1.165, 1.54) is 55.3 Å². The number of benzene rings is 3. The summed E-state index contributed by atoms with van der Waals surface area (Å²) in [6.07, 6.45) is -0.341. The number of carbonyl (C=O) groups excluding carboxylic acids is 5. The van der Waals surface area contributed by atoms with Gasteiger partial charge in [-0.1, -0.05) is 64.1 Å². The summed E-state index contributed by atoms with van der Waals surface area (Å²) in [5, 5.41) is 22.6. The molecule has 0 aromatic heterocycles. The Morgan fingerprint density at radius 1 is 0.638 bits per heavy atom. The van der Waals surface area contributed by atoms with E-state index in [9.17, 15) is 34.2 Å². The zero-order valence-electron chi connectivity index (χ0n) is 35.3. The van der Waals surface area contributed by atoms with Crippen LogP contribution in [0.4, 0.5) is 0 Å². The second-order valence-corrected chi connectivity index (χ2v) is 15.2. The van der Waals surface area contributed by atoms with Crippen molar-refractivity contribution < 1.29 is 48.4 Å². The van der Waals surface area contributed by atoms with E-state index in [2.05, 4.69) is 5.32 Å². The van der Waals surface area contributed by atoms with Crippen LogP contribution in [0.5, 0.6) is 17.2 Å². The van der Waals surface area contributed by atoms with Crippen LogP contribution in [0.2, 0.25) is 0 Å². The van der Waals surface area contributed by atoms with Crippen LogP contribution in [0.3, 0.4) is 0 Å². The number of esters is 2. The van der Waals surface area contributed by atoms with Crippen molar-refractivity contribution in [3.05, 3.63) is 89.5 Å². The van der Waals surface area contributed by atoms with Crippen LogP contribution in [-0.4, -0.2) is 127 Å². The summed E-state index contributed by atoms with van der Waals surface area (Å²) >= 11 is 0. The summed E-state index contributed by atoms with van der Waals surface area (Å²) in [6, 6.07) is 15.6. The molecule has 0 saturated carbocycles. The van der Waals surface area contributed by atoms with E-state index in [1.807, 2.05) is 19.1 Å². The number of methoxy groups -OCH3 is 2. The maximum absolute atomic E-state index is 14.5. The number of nitrogens with zero attached hydrogens (tertiary/aromatic N) is 3. The number of likely N-dealkylation sites (N-methyl/N-ethyl adjacent to an activating group) is 3. The fraction of sp³-hybridized carbons (Fsp3) is 0.477. The number of ether oxygens (including phenoxy) is 3. The molecule has 58 heavy (non-hydrogen) atoms. The fourth-order valence-corrected chi connectivity index (χ4v) is 6.43. The third kappa shape index (κ3) is 12.7. The summed E-state index contributed by atoms with van der Waals surface area (Å²) in [5.74, 6) is -3.22. The Kier molecular flexibility index (Phi) is 17.5. The van der Waals surface area contributed by atoms with E-state index in [0.717, 1.165) is 5.56 Å². The van der Waals surface area contributed by atoms with Crippen molar-refractivity contribution in [1.29, 1.82) is 0 Å². The quantitative estimate of drug-likeness (QED) is 0.141. The predicted octanol–water partition coefficient (Wildman–Crippen LogP) is 3.99. The molecule has 14 heteroatoms. The molecule has 3 aromatic rings. The van der Waals surface area contributed by atoms with Crippen LogP contribution < -0.4 is 10.1 Å². The summed E-state index contributed by atoms with van der Waals surface area (Å²) in [7, 11) is 9.21. The molecule has 3 rings (SSSR count). The normalized spacial score (nSPS) is 14.3. The van der Waals surface area contributed by atoms with Gasteiger partial charge in [0.25, 0.3) is 5.91 Å². The van der Waals surface area contributed by atoms with E-state index >= 15 is 0 Å². The van der Waals surface area contributed by atoms with E-state index in [4.69, 9.17) is 14.2 Å². The van der Waals surface area contributed by atoms with Crippen LogP contribution in [0, 0.1) is 11.8 Å². The van der Waals surface area contributed by atoms with Crippen molar-refractivity contribution in [2.24, 2.45) is 11.8 Å². The van der Waals surface area contributed by atoms with Crippen LogP contribution in [-0.2, 0) is 52.7 Å². The third-order valence-electron chi connectivity index (χ3n) is 10.5. The molecule has 0 aliphatic rings. The number of phenolic OH excluding ortho intramolecular Hbond substituents is 2. The van der Waals surface area contributed by atoms with Gasteiger partial charge in [-0.3, -0.25) is 24.1 Å². The summed E-state index contributed by atoms with van der Waals surface area (Å²) < 4.78 is 16.3. The molecule has 0 saturated heterocycles. The molecule has 316 valence electrons. The molecule has 0 radical (unpaired) electrons. The minimum Gasteiger partial charge on any atom is -0.508 e. The number of nitrogens with one attached hydrogen (secondary N) is 1. The van der Waals surface area contributed by atoms with Crippen molar-refractivity contribution in [2.75, 3.05) is 42.4 Å². The maximum Gasteiger partial charge on any atom is 0.328 e. The van der Waals surface area contributed by atoms with Crippen molar-refractivity contribution in [3.8, 4) is 17.2 Å². The fourth-order valence-electron chi connectivity index (χ4n) is 6.43. The van der Waals surface area contributed by atoms with Crippen LogP contribution in [0.15, 0.2) is 72.8 Å². The first-order valence-corrected chi connectivity index (χ1v) is 19.4. The minimum absolute atomic E-state index is 0.00475. The average Bonchev–Trinajstić information content (AvgIpc) is 3.21. The van der Waals surface area contributed by atoms with Crippen LogP contribution in [0.1, 0.15) is 50.8 Å². The lowest BCUT2D eigenvalue weighted by Gasteiger charge is -2.36. The summed E-state index contributed by atoms with van der Waals surface area (Å²) in [5.41, 5.74) is 2.15. The van der Waals surface area contributed by atoms with Crippen LogP contribution >= 0.6 is 0 Å². The molecule has 6 atom stereocenters. The lowest BCUT2D eigenvalue weighted by molar-refractivity contribution is -0.164. The number of phenols is 2. The Morgan fingerprint density at radius 3 is 1.52 bits per heavy atom. The molecule has 0 aliphatic carbocycles. The number of amides is 3. The van der Waals surface area contributed by atoms with Gasteiger partial charge in [0.2, 0.25) is 11.8 Å². The molecule has 14 nitrogen and oxygen atoms in total. The van der Waals surface area contributed by atoms with Gasteiger partial charge in [-0.05, 0) is 85.9 Å². The highest BCUT2D eigenvalue weighted by atomic mass is 16.6. The monoisotopic (exact) mass is 804 g/mol. The minimum atomic E-state index is -1.23. The SMILES string of the molecule is CC[C@@H](C)[C@H](OC(=O)[C@H](Cc1ccc(OC)cc1)N(C)C)C(=O)N[C@@H](C(=O)N(C)[C@@H](Cc1ccc(O)cc1)C(=O)N(C)[C@@H](Cc1ccc(O)cc1)C(=O)OC)C(C)C. The lowest BCUT2D eigenvalue weighted by atomic mass is 9.96. The van der Waals surface area contributed by atoms with Gasteiger partial charge >= 0.3 is 11.9 Å². The molecular formula is C44H60N4O10. The molecule has 3 aromatic carbocycles. The van der Waals surface area contributed by atoms with Gasteiger partial charge < -0.3 is 39.5 Å². The van der Waals surface area contributed by atoms with Gasteiger partial charge in [0, 0.05) is 32.9 Å². The molecule has 0 fully saturated rings. The Morgan fingerprint density at radius 2 is 1.09 bits per heavy atom. The Labute approximate surface area is 342 Å². The van der Waals surface area contributed by atoms with Crippen LogP contribution in [0.25, 0.3) is 0 Å². The van der Waals surface area contributed by atoms with Gasteiger partial charge in [-0.15, -0.1) is 0 Å². The summed E-state index contributed by atoms with van der Waals surface area (Å²) in [4.78, 5) is 74.2. The van der Waals surface area contributed by atoms with Gasteiger partial charge in [0.1, 0.15) is 41.4 Å². The maximum atomic E-state index is 14.5. The highest BCUT2D eigenvalue weighted by Gasteiger charge is 2.40. The second kappa shape index (κ2) is 21.8. The zero-order valence-corrected chi connectivity index (χ0v) is 35.3. The van der Waals surface area contributed by atoms with Gasteiger partial charge in [0.05, 0.1) is 14.2 Å². The first-order valence-electron chi connectivity index (χ1n) is 19.4. The molecule has 0 bridgehead atoms. The number of aromatic hydroxyl groups is 2. The molecule has 0 heterocycles. The first-order chi connectivity index (χ1) is 27.4. The number of hydrogen-bond acceptors (Lipinski definition) is 11. The Bertz CT molecular complexity index is 1820. The van der Waals surface area contributed by atoms with Gasteiger partial charge in [-0.2, -0.15) is 0 Å².